The lowest BCUT2D eigenvalue weighted by molar-refractivity contribution is -0.138. The number of β-amino-alcohol motifs (C(OH)–C–C–N with tert-alkyl or cyclic N) is 1. The number of imide groups is 1. The average Bonchev–Trinajstić information content (AvgIpc) is 3.52. The highest BCUT2D eigenvalue weighted by molar-refractivity contribution is 7.89. The van der Waals surface area contributed by atoms with Crippen molar-refractivity contribution in [3.8, 4) is 0 Å². The Hall–Kier alpha value is -5.16. The molecule has 4 saturated heterocycles. The zero-order chi connectivity index (χ0) is 48.4. The fourth-order valence-electron chi connectivity index (χ4n) is 11.0. The number of likely N-dealkylation sites (tertiary alicyclic amines) is 1. The van der Waals surface area contributed by atoms with Crippen LogP contribution in [-0.2, 0) is 32.8 Å². The van der Waals surface area contributed by atoms with Gasteiger partial charge in [0.2, 0.25) is 27.8 Å². The van der Waals surface area contributed by atoms with Gasteiger partial charge in [0.25, 0.3) is 0 Å². The fraction of sp³-hybridized carbons (Fsp3) is 0.587. The zero-order valence-electron chi connectivity index (χ0n) is 38.6. The van der Waals surface area contributed by atoms with Crippen LogP contribution >= 0.6 is 0 Å². The summed E-state index contributed by atoms with van der Waals surface area (Å²) in [5.41, 5.74) is 0.666. The fourth-order valence-corrected chi connectivity index (χ4v) is 12.3. The van der Waals surface area contributed by atoms with Crippen LogP contribution in [0.1, 0.15) is 81.9 Å². The highest BCUT2D eigenvalue weighted by Gasteiger charge is 2.43. The molecule has 6 heterocycles. The number of benzene rings is 2. The number of rotatable bonds is 11. The molecule has 4 N–H and O–H groups in total. The molecule has 4 aromatic rings. The second-order valence-corrected chi connectivity index (χ2v) is 21.3. The number of amides is 2. The number of hydrogen-bond donors (Lipinski definition) is 4. The van der Waals surface area contributed by atoms with E-state index in [0.717, 1.165) is 24.0 Å². The standard InChI is InChI=1S/C46H59F4N11O6S/c1-27-21-31(9-10-34(27)52-43-51-24-32(46(48,49)50)41(54-43)60-17-6-16-45(2,65)26-60)68(66,67)55-28-22-30(23-28)59-20-15-35(33(47)25-59)56(3)29-13-18-58(19-14-29)36-7-5-8-37-40(36)57(4)44(64)61(37)38-11-12-39(62)53-42(38)63/h5,7-10,21,24,28-30,33,35,38,55,65H,6,11-20,22-23,25-26H2,1-4H3,(H,51,52,54)(H,53,62,63)/t28?,30?,33-,35-,38?,45-/m0/s1. The molecule has 4 aliphatic heterocycles. The Labute approximate surface area is 391 Å². The van der Waals surface area contributed by atoms with Crippen molar-refractivity contribution in [2.75, 3.05) is 61.4 Å². The quantitative estimate of drug-likeness (QED) is 0.123. The molecule has 1 aliphatic carbocycles. The van der Waals surface area contributed by atoms with Gasteiger partial charge in [-0.05, 0) is 108 Å². The Kier molecular flexibility index (Phi) is 12.9. The number of sulfonamides is 1. The highest BCUT2D eigenvalue weighted by Crippen LogP contribution is 2.39. The first-order chi connectivity index (χ1) is 32.2. The van der Waals surface area contributed by atoms with Crippen molar-refractivity contribution >= 4 is 56.0 Å². The van der Waals surface area contributed by atoms with Gasteiger partial charge in [-0.15, -0.1) is 0 Å². The van der Waals surface area contributed by atoms with Crippen LogP contribution in [0.3, 0.4) is 0 Å². The van der Waals surface area contributed by atoms with E-state index in [-0.39, 0.29) is 84.9 Å². The molecule has 68 heavy (non-hydrogen) atoms. The summed E-state index contributed by atoms with van der Waals surface area (Å²) in [4.78, 5) is 54.1. The van der Waals surface area contributed by atoms with Gasteiger partial charge in [0.05, 0.1) is 27.2 Å². The number of aryl methyl sites for hydroxylation is 2. The third-order valence-electron chi connectivity index (χ3n) is 14.8. The van der Waals surface area contributed by atoms with Gasteiger partial charge < -0.3 is 20.2 Å². The van der Waals surface area contributed by atoms with E-state index >= 15 is 4.39 Å². The number of imidazole rings is 1. The Bertz CT molecular complexity index is 2750. The van der Waals surface area contributed by atoms with E-state index in [4.69, 9.17) is 0 Å². The molecule has 17 nitrogen and oxygen atoms in total. The van der Waals surface area contributed by atoms with Gasteiger partial charge in [-0.2, -0.15) is 18.2 Å². The summed E-state index contributed by atoms with van der Waals surface area (Å²) in [5.74, 6) is -1.26. The lowest BCUT2D eigenvalue weighted by Gasteiger charge is -2.49. The number of nitrogens with one attached hydrogen (secondary N) is 3. The lowest BCUT2D eigenvalue weighted by Crippen LogP contribution is -2.61. The van der Waals surface area contributed by atoms with Crippen LogP contribution in [0.25, 0.3) is 11.0 Å². The van der Waals surface area contributed by atoms with Crippen molar-refractivity contribution in [1.29, 1.82) is 0 Å². The van der Waals surface area contributed by atoms with Gasteiger partial charge in [0.15, 0.2) is 0 Å². The number of nitrogens with zero attached hydrogens (tertiary/aromatic N) is 8. The van der Waals surface area contributed by atoms with Gasteiger partial charge in [0, 0.05) is 88.8 Å². The number of fused-ring (bicyclic) bond motifs is 1. The first-order valence-corrected chi connectivity index (χ1v) is 24.9. The molecule has 0 spiro atoms. The van der Waals surface area contributed by atoms with Crippen LogP contribution in [0, 0.1) is 6.92 Å². The third kappa shape index (κ3) is 9.45. The second-order valence-electron chi connectivity index (χ2n) is 19.6. The van der Waals surface area contributed by atoms with E-state index in [1.165, 1.54) is 27.7 Å². The van der Waals surface area contributed by atoms with Gasteiger partial charge in [0.1, 0.15) is 23.6 Å². The van der Waals surface area contributed by atoms with Crippen LogP contribution in [-0.4, -0.2) is 136 Å². The zero-order valence-corrected chi connectivity index (χ0v) is 39.4. The van der Waals surface area contributed by atoms with Crippen molar-refractivity contribution in [1.82, 2.24) is 38.9 Å². The van der Waals surface area contributed by atoms with E-state index in [9.17, 15) is 41.1 Å². The van der Waals surface area contributed by atoms with E-state index < -0.39 is 45.5 Å². The summed E-state index contributed by atoms with van der Waals surface area (Å²) in [6, 6.07) is 8.93. The number of piperidine rings is 4. The third-order valence-corrected chi connectivity index (χ3v) is 16.3. The number of anilines is 4. The Morgan fingerprint density at radius 3 is 2.43 bits per heavy atom. The molecule has 5 fully saturated rings. The predicted octanol–water partition coefficient (Wildman–Crippen LogP) is 4.35. The maximum Gasteiger partial charge on any atom is 0.421 e. The molecule has 2 aromatic carbocycles. The number of hydrogen-bond acceptors (Lipinski definition) is 13. The largest absolute Gasteiger partial charge is 0.421 e. The second kappa shape index (κ2) is 18.3. The van der Waals surface area contributed by atoms with Crippen molar-refractivity contribution in [2.45, 2.75) is 125 Å². The Morgan fingerprint density at radius 2 is 1.75 bits per heavy atom. The minimum absolute atomic E-state index is 0.0246. The van der Waals surface area contributed by atoms with Crippen molar-refractivity contribution in [2.24, 2.45) is 7.05 Å². The topological polar surface area (TPSA) is 190 Å². The molecule has 9 rings (SSSR count). The summed E-state index contributed by atoms with van der Waals surface area (Å²) in [5, 5.41) is 15.9. The van der Waals surface area contributed by atoms with Crippen molar-refractivity contribution < 1.29 is 40.7 Å². The number of carbonyl (C=O) groups is 2. The van der Waals surface area contributed by atoms with Crippen molar-refractivity contribution in [3.63, 3.8) is 0 Å². The van der Waals surface area contributed by atoms with Gasteiger partial charge in [-0.3, -0.25) is 33.8 Å². The number of carbonyl (C=O) groups excluding carboxylic acids is 2. The number of halogens is 4. The van der Waals surface area contributed by atoms with Crippen LogP contribution < -0.4 is 30.8 Å². The Morgan fingerprint density at radius 1 is 1.00 bits per heavy atom. The summed E-state index contributed by atoms with van der Waals surface area (Å²) in [6.45, 7) is 5.86. The van der Waals surface area contributed by atoms with Gasteiger partial charge in [-0.1, -0.05) is 6.07 Å². The minimum atomic E-state index is -4.72. The number of alkyl halides is 4. The molecule has 2 aromatic heterocycles. The van der Waals surface area contributed by atoms with E-state index in [0.29, 0.717) is 74.7 Å². The highest BCUT2D eigenvalue weighted by atomic mass is 32.2. The number of aromatic nitrogens is 4. The first kappa shape index (κ1) is 47.9. The van der Waals surface area contributed by atoms with Crippen LogP contribution in [0.4, 0.5) is 40.7 Å². The SMILES string of the molecule is Cc1cc(S(=O)(=O)NC2CC(N3CC[C@H](N(C)C4CCN(c5cccc6c5n(C)c(=O)n6C5CCC(=O)NC5=O)CC4)[C@@H](F)C3)C2)ccc1Nc1ncc(C(F)(F)F)c(N2CCC[C@](C)(O)C2)n1. The van der Waals surface area contributed by atoms with E-state index in [1.807, 2.05) is 25.2 Å². The molecule has 0 bridgehead atoms. The summed E-state index contributed by atoms with van der Waals surface area (Å²) < 4.78 is 90.9. The molecule has 0 radical (unpaired) electrons. The lowest BCUT2D eigenvalue weighted by atomic mass is 9.84. The van der Waals surface area contributed by atoms with Crippen LogP contribution in [0.2, 0.25) is 0 Å². The molecule has 1 unspecified atom stereocenters. The normalized spacial score (nSPS) is 26.9. The molecule has 2 amide bonds. The number of para-hydroxylation sites is 1. The molecule has 4 atom stereocenters. The molecular weight excluding hydrogens is 911 g/mol. The monoisotopic (exact) mass is 969 g/mol. The number of aliphatic hydroxyl groups is 1. The maximum atomic E-state index is 16.1. The van der Waals surface area contributed by atoms with E-state index in [2.05, 4.69) is 40.0 Å². The summed E-state index contributed by atoms with van der Waals surface area (Å²) in [6.07, 6.45) is -0.423. The molecule has 1 saturated carbocycles. The van der Waals surface area contributed by atoms with Gasteiger partial charge in [-0.25, -0.2) is 27.3 Å². The molecular formula is C46H59F4N11O6S. The van der Waals surface area contributed by atoms with Crippen LogP contribution in [0.15, 0.2) is 52.3 Å². The first-order valence-electron chi connectivity index (χ1n) is 23.4. The summed E-state index contributed by atoms with van der Waals surface area (Å²) >= 11 is 0. The Balaban J connectivity index is 0.762. The average molecular weight is 970 g/mol. The molecule has 22 heteroatoms. The van der Waals surface area contributed by atoms with Gasteiger partial charge >= 0.3 is 11.9 Å². The maximum absolute atomic E-state index is 16.1. The summed E-state index contributed by atoms with van der Waals surface area (Å²) in [7, 11) is -0.241. The van der Waals surface area contributed by atoms with Crippen molar-refractivity contribution in [3.05, 3.63) is 64.2 Å². The van der Waals surface area contributed by atoms with E-state index in [1.54, 1.807) is 25.5 Å². The molecule has 368 valence electrons. The van der Waals surface area contributed by atoms with Crippen LogP contribution in [0.5, 0.6) is 0 Å². The smallest absolute Gasteiger partial charge is 0.388 e. The predicted molar refractivity (Wildman–Crippen MR) is 247 cm³/mol. The molecule has 5 aliphatic rings. The minimum Gasteiger partial charge on any atom is -0.388 e.